The molecule has 2 aromatic rings. The van der Waals surface area contributed by atoms with E-state index in [4.69, 9.17) is 11.5 Å². The third kappa shape index (κ3) is 3.97. The first-order valence-corrected chi connectivity index (χ1v) is 7.10. The van der Waals surface area contributed by atoms with Crippen LogP contribution in [0.1, 0.15) is 18.1 Å². The van der Waals surface area contributed by atoms with E-state index in [0.29, 0.717) is 5.57 Å². The molecule has 0 spiro atoms. The lowest BCUT2D eigenvalue weighted by atomic mass is 9.95. The van der Waals surface area contributed by atoms with E-state index in [1.54, 1.807) is 25.1 Å². The second-order valence-electron chi connectivity index (χ2n) is 5.26. The van der Waals surface area contributed by atoms with E-state index in [0.717, 1.165) is 22.3 Å². The second-order valence-corrected chi connectivity index (χ2v) is 5.26. The molecule has 0 aliphatic heterocycles. The van der Waals surface area contributed by atoms with Crippen molar-refractivity contribution in [2.45, 2.75) is 13.8 Å². The van der Waals surface area contributed by atoms with Crippen LogP contribution in [-0.4, -0.2) is 17.0 Å². The first kappa shape index (κ1) is 16.3. The van der Waals surface area contributed by atoms with Crippen LogP contribution >= 0.6 is 0 Å². The number of rotatable bonds is 3. The minimum absolute atomic E-state index is 0.221. The van der Waals surface area contributed by atoms with Crippen LogP contribution in [0.2, 0.25) is 0 Å². The molecule has 0 fully saturated rings. The standard InChI is InChI=1S/C18H19N3O2/c1-11-10-14(22)7-8-15(11)16-6-4-3-5-13(16)9-12(2)17(23)21-18(19)20/h3-10,22H,1-2H3,(H4,19,20,21,23). The molecule has 23 heavy (non-hydrogen) atoms. The Bertz CT molecular complexity index is 804. The topological polar surface area (TPSA) is 102 Å². The lowest BCUT2D eigenvalue weighted by molar-refractivity contribution is -0.114. The van der Waals surface area contributed by atoms with Crippen LogP contribution in [0.3, 0.4) is 0 Å². The number of aromatic hydroxyl groups is 1. The van der Waals surface area contributed by atoms with Crippen molar-refractivity contribution < 1.29 is 9.90 Å². The van der Waals surface area contributed by atoms with Crippen LogP contribution in [0, 0.1) is 6.92 Å². The molecule has 5 nitrogen and oxygen atoms in total. The first-order chi connectivity index (χ1) is 10.9. The molecular formula is C18H19N3O2. The van der Waals surface area contributed by atoms with Crippen LogP contribution in [0.25, 0.3) is 17.2 Å². The van der Waals surface area contributed by atoms with Crippen LogP contribution in [0.15, 0.2) is 53.0 Å². The number of phenols is 1. The summed E-state index contributed by atoms with van der Waals surface area (Å²) in [6.07, 6.45) is 1.75. The number of carbonyl (C=O) groups excluding carboxylic acids is 1. The Labute approximate surface area is 135 Å². The molecule has 1 amide bonds. The Morgan fingerprint density at radius 1 is 1.13 bits per heavy atom. The number of phenolic OH excluding ortho intramolecular Hbond substituents is 1. The number of aliphatic imine (C=N–C) groups is 1. The number of amides is 1. The minimum Gasteiger partial charge on any atom is -0.508 e. The third-order valence-electron chi connectivity index (χ3n) is 3.40. The summed E-state index contributed by atoms with van der Waals surface area (Å²) >= 11 is 0. The van der Waals surface area contributed by atoms with E-state index in [1.807, 2.05) is 37.3 Å². The van der Waals surface area contributed by atoms with Crippen molar-refractivity contribution >= 4 is 17.9 Å². The van der Waals surface area contributed by atoms with Gasteiger partial charge < -0.3 is 16.6 Å². The van der Waals surface area contributed by atoms with Crippen LogP contribution in [0.4, 0.5) is 0 Å². The average molecular weight is 309 g/mol. The van der Waals surface area contributed by atoms with Gasteiger partial charge in [0.1, 0.15) is 5.75 Å². The van der Waals surface area contributed by atoms with Gasteiger partial charge >= 0.3 is 0 Å². The van der Waals surface area contributed by atoms with Gasteiger partial charge in [0.2, 0.25) is 0 Å². The fourth-order valence-corrected chi connectivity index (χ4v) is 2.32. The van der Waals surface area contributed by atoms with Gasteiger partial charge in [0.15, 0.2) is 5.96 Å². The number of hydrogen-bond donors (Lipinski definition) is 3. The van der Waals surface area contributed by atoms with E-state index in [9.17, 15) is 9.90 Å². The molecule has 0 aromatic heterocycles. The van der Waals surface area contributed by atoms with Crippen molar-refractivity contribution in [3.05, 3.63) is 59.2 Å². The molecule has 0 heterocycles. The first-order valence-electron chi connectivity index (χ1n) is 7.10. The van der Waals surface area contributed by atoms with Crippen LogP contribution in [-0.2, 0) is 4.79 Å². The van der Waals surface area contributed by atoms with Gasteiger partial charge in [-0.1, -0.05) is 30.3 Å². The predicted octanol–water partition coefficient (Wildman–Crippen LogP) is 2.57. The molecule has 2 aromatic carbocycles. The highest BCUT2D eigenvalue weighted by Crippen LogP contribution is 2.30. The Morgan fingerprint density at radius 2 is 1.83 bits per heavy atom. The Hall–Kier alpha value is -3.08. The van der Waals surface area contributed by atoms with Gasteiger partial charge in [-0.15, -0.1) is 0 Å². The summed E-state index contributed by atoms with van der Waals surface area (Å²) in [6.45, 7) is 3.59. The quantitative estimate of drug-likeness (QED) is 0.460. The number of aryl methyl sites for hydroxylation is 1. The largest absolute Gasteiger partial charge is 0.508 e. The zero-order valence-corrected chi connectivity index (χ0v) is 13.1. The van der Waals surface area contributed by atoms with Gasteiger partial charge in [0.25, 0.3) is 5.91 Å². The average Bonchev–Trinajstić information content (AvgIpc) is 2.47. The molecule has 118 valence electrons. The van der Waals surface area contributed by atoms with Crippen molar-refractivity contribution in [3.8, 4) is 16.9 Å². The summed E-state index contributed by atoms with van der Waals surface area (Å²) in [7, 11) is 0. The van der Waals surface area contributed by atoms with Gasteiger partial charge in [-0.05, 0) is 54.3 Å². The number of carbonyl (C=O) groups is 1. The van der Waals surface area contributed by atoms with Crippen molar-refractivity contribution in [3.63, 3.8) is 0 Å². The highest BCUT2D eigenvalue weighted by atomic mass is 16.3. The number of nitrogens with zero attached hydrogens (tertiary/aromatic N) is 1. The van der Waals surface area contributed by atoms with Gasteiger partial charge in [0, 0.05) is 5.57 Å². The Balaban J connectivity index is 2.50. The van der Waals surface area contributed by atoms with Crippen molar-refractivity contribution in [1.82, 2.24) is 0 Å². The van der Waals surface area contributed by atoms with Gasteiger partial charge in [-0.25, -0.2) is 0 Å². The molecule has 0 saturated carbocycles. The molecule has 5 N–H and O–H groups in total. The van der Waals surface area contributed by atoms with E-state index in [1.165, 1.54) is 0 Å². The Morgan fingerprint density at radius 3 is 2.48 bits per heavy atom. The fourth-order valence-electron chi connectivity index (χ4n) is 2.32. The maximum absolute atomic E-state index is 11.9. The fraction of sp³-hybridized carbons (Fsp3) is 0.111. The van der Waals surface area contributed by atoms with Crippen molar-refractivity contribution in [2.75, 3.05) is 0 Å². The van der Waals surface area contributed by atoms with Gasteiger partial charge in [-0.2, -0.15) is 4.99 Å². The van der Waals surface area contributed by atoms with Crippen LogP contribution in [0.5, 0.6) is 5.75 Å². The highest BCUT2D eigenvalue weighted by Gasteiger charge is 2.09. The van der Waals surface area contributed by atoms with E-state index in [-0.39, 0.29) is 11.7 Å². The van der Waals surface area contributed by atoms with Crippen molar-refractivity contribution in [1.29, 1.82) is 0 Å². The van der Waals surface area contributed by atoms with E-state index >= 15 is 0 Å². The van der Waals surface area contributed by atoms with E-state index in [2.05, 4.69) is 4.99 Å². The zero-order valence-electron chi connectivity index (χ0n) is 13.1. The van der Waals surface area contributed by atoms with Crippen molar-refractivity contribution in [2.24, 2.45) is 16.5 Å². The predicted molar refractivity (Wildman–Crippen MR) is 92.7 cm³/mol. The molecule has 0 aliphatic rings. The molecule has 5 heteroatoms. The number of benzene rings is 2. The minimum atomic E-state index is -0.470. The van der Waals surface area contributed by atoms with Crippen LogP contribution < -0.4 is 11.5 Å². The lowest BCUT2D eigenvalue weighted by Gasteiger charge is -2.10. The summed E-state index contributed by atoms with van der Waals surface area (Å²) in [6, 6.07) is 12.9. The molecule has 0 aliphatic carbocycles. The van der Waals surface area contributed by atoms with E-state index < -0.39 is 5.91 Å². The smallest absolute Gasteiger partial charge is 0.275 e. The molecule has 0 atom stereocenters. The summed E-state index contributed by atoms with van der Waals surface area (Å²) < 4.78 is 0. The number of guanidine groups is 1. The SMILES string of the molecule is CC(=Cc1ccccc1-c1ccc(O)cc1C)C(=O)N=C(N)N. The molecular weight excluding hydrogens is 290 g/mol. The normalized spacial score (nSPS) is 11.1. The Kier molecular flexibility index (Phi) is 4.81. The number of nitrogens with two attached hydrogens (primary N) is 2. The monoisotopic (exact) mass is 309 g/mol. The van der Waals surface area contributed by atoms with Gasteiger partial charge in [-0.3, -0.25) is 4.79 Å². The lowest BCUT2D eigenvalue weighted by Crippen LogP contribution is -2.24. The maximum atomic E-state index is 11.9. The van der Waals surface area contributed by atoms with Gasteiger partial charge in [0.05, 0.1) is 0 Å². The molecule has 0 saturated heterocycles. The highest BCUT2D eigenvalue weighted by molar-refractivity contribution is 6.04. The molecule has 0 bridgehead atoms. The number of hydrogen-bond acceptors (Lipinski definition) is 2. The molecule has 0 unspecified atom stereocenters. The molecule has 0 radical (unpaired) electrons. The summed E-state index contributed by atoms with van der Waals surface area (Å²) in [5.41, 5.74) is 14.7. The second kappa shape index (κ2) is 6.79. The summed E-state index contributed by atoms with van der Waals surface area (Å²) in [5.74, 6) is -0.508. The summed E-state index contributed by atoms with van der Waals surface area (Å²) in [4.78, 5) is 15.4. The molecule has 2 rings (SSSR count). The summed E-state index contributed by atoms with van der Waals surface area (Å²) in [5, 5.41) is 9.56. The maximum Gasteiger partial charge on any atom is 0.275 e. The zero-order chi connectivity index (χ0) is 17.0. The third-order valence-corrected chi connectivity index (χ3v) is 3.40.